The van der Waals surface area contributed by atoms with E-state index in [0.29, 0.717) is 9.79 Å². The quantitative estimate of drug-likeness (QED) is 0.329. The Bertz CT molecular complexity index is 1190. The van der Waals surface area contributed by atoms with Gasteiger partial charge in [0.25, 0.3) is 0 Å². The van der Waals surface area contributed by atoms with Crippen LogP contribution in [0.3, 0.4) is 0 Å². The van der Waals surface area contributed by atoms with E-state index < -0.39 is 30.3 Å². The summed E-state index contributed by atoms with van der Waals surface area (Å²) in [4.78, 5) is 1.12. The van der Waals surface area contributed by atoms with Gasteiger partial charge in [-0.05, 0) is 75.0 Å². The molecule has 4 rings (SSSR count). The number of phenols is 1. The molecule has 0 aromatic heterocycles. The average Bonchev–Trinajstić information content (AvgIpc) is 3.01. The number of aryl methyl sites for hydroxylation is 1. The third-order valence-electron chi connectivity index (χ3n) is 8.22. The van der Waals surface area contributed by atoms with Crippen molar-refractivity contribution < 1.29 is 18.5 Å². The summed E-state index contributed by atoms with van der Waals surface area (Å²) in [7, 11) is -3.83. The summed E-state index contributed by atoms with van der Waals surface area (Å²) >= 11 is 0. The lowest BCUT2D eigenvalue weighted by atomic mass is 9.70. The van der Waals surface area contributed by atoms with Crippen molar-refractivity contribution in [1.29, 1.82) is 0 Å². The molecule has 1 N–H and O–H groups in total. The lowest BCUT2D eigenvalue weighted by Gasteiger charge is -2.49. The maximum absolute atomic E-state index is 14.0. The zero-order valence-electron chi connectivity index (χ0n) is 22.6. The van der Waals surface area contributed by atoms with Gasteiger partial charge in [0.2, 0.25) is 5.79 Å². The van der Waals surface area contributed by atoms with Gasteiger partial charge in [-0.3, -0.25) is 0 Å². The highest BCUT2D eigenvalue weighted by atomic mass is 32.2. The molecule has 0 saturated carbocycles. The van der Waals surface area contributed by atoms with Gasteiger partial charge in [-0.15, -0.1) is 0 Å². The summed E-state index contributed by atoms with van der Waals surface area (Å²) in [5.74, 6) is -0.0932. The molecule has 1 aliphatic carbocycles. The molecular formula is C29H40O4SSi. The number of hydrogen-bond donors (Lipinski definition) is 1. The molecule has 1 aliphatic heterocycles. The van der Waals surface area contributed by atoms with Gasteiger partial charge in [0.05, 0.1) is 21.1 Å². The van der Waals surface area contributed by atoms with E-state index in [1.807, 2.05) is 31.2 Å². The molecule has 1 heterocycles. The van der Waals surface area contributed by atoms with Crippen molar-refractivity contribution in [3.8, 4) is 11.5 Å². The van der Waals surface area contributed by atoms with E-state index in [1.54, 1.807) is 6.07 Å². The molecular weight excluding hydrogens is 472 g/mol. The molecule has 0 fully saturated rings. The molecule has 190 valence electrons. The van der Waals surface area contributed by atoms with Crippen LogP contribution in [0.2, 0.25) is 18.1 Å². The Balaban J connectivity index is 1.99. The molecule has 0 bridgehead atoms. The third kappa shape index (κ3) is 4.11. The van der Waals surface area contributed by atoms with Gasteiger partial charge in [-0.2, -0.15) is 0 Å². The Hall–Kier alpha value is -1.89. The summed E-state index contributed by atoms with van der Waals surface area (Å²) in [5, 5.41) is 11.3. The SMILES string of the molecule is Cc1ccc(S(=O)c2c(O)cc(C(C)C)c3c2C2(C)CCC=CC2(O[Si](C)(C)C(C)(C)C)O3)cc1. The minimum Gasteiger partial charge on any atom is -0.507 e. The molecule has 6 heteroatoms. The summed E-state index contributed by atoms with van der Waals surface area (Å²) in [6.07, 6.45) is 5.87. The van der Waals surface area contributed by atoms with Crippen molar-refractivity contribution in [2.24, 2.45) is 0 Å². The van der Waals surface area contributed by atoms with Crippen LogP contribution in [0.25, 0.3) is 0 Å². The number of fused-ring (bicyclic) bond motifs is 3. The minimum absolute atomic E-state index is 0.0113. The van der Waals surface area contributed by atoms with Gasteiger partial charge < -0.3 is 14.3 Å². The number of phenolic OH excluding ortho intramolecular Hbond substituents is 1. The normalized spacial score (nSPS) is 24.7. The highest BCUT2D eigenvalue weighted by Gasteiger charge is 2.63. The Morgan fingerprint density at radius 2 is 1.80 bits per heavy atom. The van der Waals surface area contributed by atoms with Crippen LogP contribution in [0.4, 0.5) is 0 Å². The number of allylic oxidation sites excluding steroid dienone is 1. The Labute approximate surface area is 214 Å². The highest BCUT2D eigenvalue weighted by molar-refractivity contribution is 7.85. The molecule has 0 amide bonds. The van der Waals surface area contributed by atoms with Crippen LogP contribution in [-0.2, 0) is 20.6 Å². The lowest BCUT2D eigenvalue weighted by molar-refractivity contribution is -0.121. The van der Waals surface area contributed by atoms with Gasteiger partial charge in [-0.1, -0.05) is 58.4 Å². The lowest BCUT2D eigenvalue weighted by Crippen LogP contribution is -2.59. The van der Waals surface area contributed by atoms with E-state index >= 15 is 0 Å². The zero-order chi connectivity index (χ0) is 26.0. The fourth-order valence-electron chi connectivity index (χ4n) is 4.93. The number of rotatable bonds is 5. The molecule has 35 heavy (non-hydrogen) atoms. The highest BCUT2D eigenvalue weighted by Crippen LogP contribution is 2.61. The number of benzene rings is 2. The van der Waals surface area contributed by atoms with Crippen molar-refractivity contribution in [1.82, 2.24) is 0 Å². The van der Waals surface area contributed by atoms with Crippen LogP contribution in [0.1, 0.15) is 77.0 Å². The van der Waals surface area contributed by atoms with E-state index in [0.717, 1.165) is 35.3 Å². The molecule has 4 nitrogen and oxygen atoms in total. The molecule has 2 aromatic carbocycles. The maximum Gasteiger partial charge on any atom is 0.231 e. The largest absolute Gasteiger partial charge is 0.507 e. The van der Waals surface area contributed by atoms with E-state index in [-0.39, 0.29) is 16.7 Å². The van der Waals surface area contributed by atoms with Crippen molar-refractivity contribution in [3.05, 3.63) is 59.2 Å². The topological polar surface area (TPSA) is 55.8 Å². The number of aromatic hydroxyl groups is 1. The van der Waals surface area contributed by atoms with Crippen molar-refractivity contribution >= 4 is 19.1 Å². The molecule has 3 unspecified atom stereocenters. The number of ether oxygens (including phenoxy) is 1. The predicted octanol–water partition coefficient (Wildman–Crippen LogP) is 7.71. The maximum atomic E-state index is 14.0. The second-order valence-corrected chi connectivity index (χ2v) is 18.3. The second-order valence-electron chi connectivity index (χ2n) is 12.2. The first-order valence-corrected chi connectivity index (χ1v) is 16.6. The van der Waals surface area contributed by atoms with Crippen LogP contribution in [0.15, 0.2) is 52.3 Å². The molecule has 2 aromatic rings. The van der Waals surface area contributed by atoms with E-state index in [1.165, 1.54) is 0 Å². The molecule has 2 aliphatic rings. The first kappa shape index (κ1) is 26.2. The standard InChI is InChI=1S/C29H40O4SSi/c1-19(2)22-18-23(30)26(34(31)21-14-12-20(3)13-15-21)24-25(22)32-29(17-11-10-16-28(24,29)7)33-35(8,9)27(4,5)6/h11-15,17-19,30H,10,16H2,1-9H3. The van der Waals surface area contributed by atoms with Gasteiger partial charge in [-0.25, -0.2) is 4.21 Å². The zero-order valence-corrected chi connectivity index (χ0v) is 24.4. The summed E-state index contributed by atoms with van der Waals surface area (Å²) < 4.78 is 28.1. The predicted molar refractivity (Wildman–Crippen MR) is 145 cm³/mol. The molecule has 3 atom stereocenters. The minimum atomic E-state index is -2.26. The summed E-state index contributed by atoms with van der Waals surface area (Å²) in [6, 6.07) is 9.42. The van der Waals surface area contributed by atoms with E-state index in [4.69, 9.17) is 9.16 Å². The van der Waals surface area contributed by atoms with Crippen LogP contribution in [-0.4, -0.2) is 23.4 Å². The second kappa shape index (κ2) is 8.60. The third-order valence-corrected chi connectivity index (χ3v) is 14.1. The van der Waals surface area contributed by atoms with Crippen LogP contribution < -0.4 is 4.74 Å². The fourth-order valence-corrected chi connectivity index (χ4v) is 7.70. The van der Waals surface area contributed by atoms with E-state index in [2.05, 4.69) is 66.8 Å². The molecule has 0 saturated heterocycles. The Kier molecular flexibility index (Phi) is 6.43. The van der Waals surface area contributed by atoms with Crippen LogP contribution in [0, 0.1) is 6.92 Å². The average molecular weight is 513 g/mol. The fraction of sp³-hybridized carbons (Fsp3) is 0.517. The Morgan fingerprint density at radius 1 is 1.17 bits per heavy atom. The smallest absolute Gasteiger partial charge is 0.231 e. The van der Waals surface area contributed by atoms with Crippen LogP contribution in [0.5, 0.6) is 11.5 Å². The van der Waals surface area contributed by atoms with Gasteiger partial charge >= 0.3 is 0 Å². The first-order chi connectivity index (χ1) is 16.1. The molecule has 0 spiro atoms. The van der Waals surface area contributed by atoms with Gasteiger partial charge in [0.1, 0.15) is 11.5 Å². The first-order valence-electron chi connectivity index (χ1n) is 12.6. The summed E-state index contributed by atoms with van der Waals surface area (Å²) in [6.45, 7) is 19.5. The molecule has 0 radical (unpaired) electrons. The summed E-state index contributed by atoms with van der Waals surface area (Å²) in [5.41, 5.74) is 2.27. The van der Waals surface area contributed by atoms with E-state index in [9.17, 15) is 9.32 Å². The van der Waals surface area contributed by atoms with Gasteiger partial charge in [0.15, 0.2) is 8.32 Å². The van der Waals surface area contributed by atoms with Crippen molar-refractivity contribution in [2.75, 3.05) is 0 Å². The van der Waals surface area contributed by atoms with Crippen molar-refractivity contribution in [2.45, 2.75) is 106 Å². The van der Waals surface area contributed by atoms with Gasteiger partial charge in [0, 0.05) is 16.0 Å². The van der Waals surface area contributed by atoms with Crippen molar-refractivity contribution in [3.63, 3.8) is 0 Å². The Morgan fingerprint density at radius 3 is 2.37 bits per heavy atom. The number of hydrogen-bond acceptors (Lipinski definition) is 4. The monoisotopic (exact) mass is 512 g/mol. The van der Waals surface area contributed by atoms with Crippen LogP contribution >= 0.6 is 0 Å².